The van der Waals surface area contributed by atoms with Crippen LogP contribution in [0.2, 0.25) is 0 Å². The summed E-state index contributed by atoms with van der Waals surface area (Å²) in [6, 6.07) is 9.49. The molecule has 3 N–H and O–H groups in total. The van der Waals surface area contributed by atoms with Crippen LogP contribution in [0.25, 0.3) is 11.6 Å². The molecule has 43 heavy (non-hydrogen) atoms. The molecule has 0 amide bonds. The third kappa shape index (κ3) is 6.45. The number of nitrogens with zero attached hydrogens (tertiary/aromatic N) is 1. The second kappa shape index (κ2) is 13.4. The van der Waals surface area contributed by atoms with Gasteiger partial charge < -0.3 is 10.5 Å². The molecule has 0 saturated heterocycles. The number of benzene rings is 2. The molecule has 2 aliphatic carbocycles. The van der Waals surface area contributed by atoms with E-state index in [9.17, 15) is 10.2 Å². The number of ether oxygens (including phenoxy) is 1. The zero-order valence-corrected chi connectivity index (χ0v) is 25.1. The Hall–Kier alpha value is -4.16. The topological polar surface area (TPSA) is 88.5 Å². The van der Waals surface area contributed by atoms with Crippen molar-refractivity contribution in [2.45, 2.75) is 64.3 Å². The number of rotatable bonds is 9. The van der Waals surface area contributed by atoms with Crippen LogP contribution < -0.4 is 10.5 Å². The molecule has 3 aliphatic rings. The molecule has 1 heterocycles. The van der Waals surface area contributed by atoms with E-state index in [1.807, 2.05) is 49.4 Å². The Morgan fingerprint density at radius 3 is 2.70 bits per heavy atom. The fourth-order valence-electron chi connectivity index (χ4n) is 6.30. The summed E-state index contributed by atoms with van der Waals surface area (Å²) in [5, 5.41) is 9.23. The molecule has 1 fully saturated rings. The SMILES string of the molecule is C=Cc1c(OC)ccc(C2=CN=C3/C(=C\C=C/C/C=C/3C(=N)c3ccc(C(=O)C[C@H]4CC[C@H](N)CC4)c(CC)c3)C2)c1F. The first-order chi connectivity index (χ1) is 20.8. The molecule has 5 nitrogen and oxygen atoms in total. The summed E-state index contributed by atoms with van der Waals surface area (Å²) in [7, 11) is 1.51. The number of fused-ring (bicyclic) bond motifs is 1. The Bertz CT molecular complexity index is 1600. The van der Waals surface area contributed by atoms with Crippen LogP contribution in [0.5, 0.6) is 5.75 Å². The van der Waals surface area contributed by atoms with Crippen molar-refractivity contribution in [3.8, 4) is 5.75 Å². The van der Waals surface area contributed by atoms with Crippen molar-refractivity contribution in [1.82, 2.24) is 0 Å². The second-order valence-corrected chi connectivity index (χ2v) is 11.5. The van der Waals surface area contributed by atoms with Gasteiger partial charge in [0.25, 0.3) is 0 Å². The number of allylic oxidation sites excluding steroid dienone is 7. The number of aliphatic imine (C=N–C) groups is 1. The van der Waals surface area contributed by atoms with Crippen molar-refractivity contribution < 1.29 is 13.9 Å². The smallest absolute Gasteiger partial charge is 0.163 e. The monoisotopic (exact) mass is 577 g/mol. The van der Waals surface area contributed by atoms with Crippen LogP contribution in [0.4, 0.5) is 4.39 Å². The lowest BCUT2D eigenvalue weighted by Gasteiger charge is -2.25. The number of aryl methyl sites for hydroxylation is 1. The van der Waals surface area contributed by atoms with E-state index in [4.69, 9.17) is 15.5 Å². The lowest BCUT2D eigenvalue weighted by molar-refractivity contribution is 0.0947. The first kappa shape index (κ1) is 30.3. The van der Waals surface area contributed by atoms with Gasteiger partial charge in [0.1, 0.15) is 11.6 Å². The minimum atomic E-state index is -0.390. The minimum Gasteiger partial charge on any atom is -0.496 e. The Balaban J connectivity index is 1.43. The van der Waals surface area contributed by atoms with E-state index in [0.717, 1.165) is 59.1 Å². The highest BCUT2D eigenvalue weighted by molar-refractivity contribution is 6.34. The molecule has 1 saturated carbocycles. The minimum absolute atomic E-state index is 0.177. The molecule has 0 atom stereocenters. The van der Waals surface area contributed by atoms with Crippen LogP contribution in [0.1, 0.15) is 84.5 Å². The molecule has 0 radical (unpaired) electrons. The maximum Gasteiger partial charge on any atom is 0.163 e. The summed E-state index contributed by atoms with van der Waals surface area (Å²) in [4.78, 5) is 18.1. The Morgan fingerprint density at radius 1 is 1.19 bits per heavy atom. The van der Waals surface area contributed by atoms with Gasteiger partial charge in [-0.3, -0.25) is 15.2 Å². The van der Waals surface area contributed by atoms with Crippen LogP contribution in [0, 0.1) is 17.1 Å². The third-order valence-electron chi connectivity index (χ3n) is 8.80. The highest BCUT2D eigenvalue weighted by atomic mass is 19.1. The average Bonchev–Trinajstić information content (AvgIpc) is 3.01. The highest BCUT2D eigenvalue weighted by Crippen LogP contribution is 2.36. The summed E-state index contributed by atoms with van der Waals surface area (Å²) in [5.41, 5.74) is 12.8. The van der Waals surface area contributed by atoms with Crippen LogP contribution in [-0.2, 0) is 6.42 Å². The number of nitrogens with two attached hydrogens (primary N) is 1. The van der Waals surface area contributed by atoms with Gasteiger partial charge in [-0.1, -0.05) is 56.0 Å². The van der Waals surface area contributed by atoms with Crippen LogP contribution >= 0.6 is 0 Å². The van der Waals surface area contributed by atoms with Gasteiger partial charge >= 0.3 is 0 Å². The summed E-state index contributed by atoms with van der Waals surface area (Å²) in [6.07, 6.45) is 17.6. The first-order valence-electron chi connectivity index (χ1n) is 15.2. The highest BCUT2D eigenvalue weighted by Gasteiger charge is 2.26. The van der Waals surface area contributed by atoms with Crippen molar-refractivity contribution in [2.24, 2.45) is 16.6 Å². The fraction of sp³-hybridized carbons (Fsp3) is 0.324. The quantitative estimate of drug-likeness (QED) is 0.233. The zero-order chi connectivity index (χ0) is 30.5. The Morgan fingerprint density at radius 2 is 1.98 bits per heavy atom. The standard InChI is InChI=1S/C37H40FN3O2/c1-4-24-20-25(13-16-30(24)33(42)19-23-11-14-28(39)15-12-23)36(40)32-10-8-6-7-9-26-21-27(22-41-37(26)32)31-17-18-34(43-3)29(5-2)35(31)38/h5-7,9-10,13,16-18,20,22-23,28,40H,2,4,8,11-12,14-15,19,21,39H2,1,3H3/b7-6-,26-9-,32-10+,40-36?/t23-,28-. The van der Waals surface area contributed by atoms with Crippen LogP contribution in [0.15, 0.2) is 83.6 Å². The zero-order valence-electron chi connectivity index (χ0n) is 25.1. The number of carbonyl (C=O) groups is 1. The van der Waals surface area contributed by atoms with E-state index >= 15 is 4.39 Å². The summed E-state index contributed by atoms with van der Waals surface area (Å²) >= 11 is 0. The third-order valence-corrected chi connectivity index (χ3v) is 8.80. The summed E-state index contributed by atoms with van der Waals surface area (Å²) in [5.74, 6) is 0.612. The van der Waals surface area contributed by atoms with Crippen molar-refractivity contribution in [2.75, 3.05) is 7.11 Å². The molecule has 6 heteroatoms. The van der Waals surface area contributed by atoms with Crippen molar-refractivity contribution >= 4 is 28.9 Å². The van der Waals surface area contributed by atoms with Gasteiger partial charge in [0, 0.05) is 47.3 Å². The van der Waals surface area contributed by atoms with Crippen molar-refractivity contribution in [3.05, 3.63) is 112 Å². The summed E-state index contributed by atoms with van der Waals surface area (Å²) < 4.78 is 20.8. The molecule has 2 aromatic rings. The molecule has 0 bridgehead atoms. The van der Waals surface area contributed by atoms with E-state index in [1.165, 1.54) is 13.2 Å². The van der Waals surface area contributed by atoms with E-state index < -0.39 is 5.82 Å². The van der Waals surface area contributed by atoms with E-state index in [0.29, 0.717) is 59.9 Å². The number of halogens is 1. The lowest BCUT2D eigenvalue weighted by atomic mass is 9.81. The van der Waals surface area contributed by atoms with Crippen molar-refractivity contribution in [1.29, 1.82) is 5.41 Å². The van der Waals surface area contributed by atoms with Gasteiger partial charge in [0.15, 0.2) is 5.78 Å². The summed E-state index contributed by atoms with van der Waals surface area (Å²) in [6.45, 7) is 5.80. The molecule has 5 rings (SSSR count). The van der Waals surface area contributed by atoms with Crippen molar-refractivity contribution in [3.63, 3.8) is 0 Å². The van der Waals surface area contributed by atoms with Gasteiger partial charge in [-0.05, 0) is 79.4 Å². The van der Waals surface area contributed by atoms with Gasteiger partial charge in [-0.2, -0.15) is 0 Å². The Kier molecular flexibility index (Phi) is 9.46. The second-order valence-electron chi connectivity index (χ2n) is 11.5. The average molecular weight is 578 g/mol. The number of carbonyl (C=O) groups excluding carboxylic acids is 1. The number of methoxy groups -OCH3 is 1. The van der Waals surface area contributed by atoms with E-state index in [1.54, 1.807) is 18.3 Å². The van der Waals surface area contributed by atoms with Gasteiger partial charge in [-0.15, -0.1) is 0 Å². The number of ketones is 1. The molecule has 2 aromatic carbocycles. The molecule has 0 unspecified atom stereocenters. The maximum absolute atomic E-state index is 15.5. The predicted molar refractivity (Wildman–Crippen MR) is 175 cm³/mol. The number of nitrogens with one attached hydrogen (secondary N) is 1. The van der Waals surface area contributed by atoms with Gasteiger partial charge in [0.2, 0.25) is 0 Å². The predicted octanol–water partition coefficient (Wildman–Crippen LogP) is 8.20. The van der Waals surface area contributed by atoms with Crippen LogP contribution in [-0.4, -0.2) is 30.4 Å². The molecular formula is C37H40FN3O2. The van der Waals surface area contributed by atoms with Gasteiger partial charge in [0.05, 0.1) is 24.1 Å². The normalized spacial score (nSPS) is 23.2. The maximum atomic E-state index is 15.5. The van der Waals surface area contributed by atoms with E-state index in [2.05, 4.69) is 6.58 Å². The van der Waals surface area contributed by atoms with Crippen LogP contribution in [0.3, 0.4) is 0 Å². The molecular weight excluding hydrogens is 537 g/mol. The van der Waals surface area contributed by atoms with E-state index in [-0.39, 0.29) is 11.8 Å². The fourth-order valence-corrected chi connectivity index (χ4v) is 6.30. The number of hydrogen-bond acceptors (Lipinski definition) is 5. The molecule has 0 spiro atoms. The molecule has 222 valence electrons. The number of hydrogen-bond donors (Lipinski definition) is 2. The lowest BCUT2D eigenvalue weighted by Crippen LogP contribution is -2.27. The largest absolute Gasteiger partial charge is 0.496 e. The first-order valence-corrected chi connectivity index (χ1v) is 15.2. The molecule has 1 aliphatic heterocycles. The molecule has 0 aromatic heterocycles. The Labute approximate surface area is 254 Å². The number of Topliss-reactive ketones (excluding diaryl/α,β-unsaturated/α-hetero) is 1. The van der Waals surface area contributed by atoms with Gasteiger partial charge in [-0.25, -0.2) is 4.39 Å².